The van der Waals surface area contributed by atoms with E-state index in [0.29, 0.717) is 29.8 Å². The van der Waals surface area contributed by atoms with Crippen LogP contribution in [0.3, 0.4) is 0 Å². The van der Waals surface area contributed by atoms with Gasteiger partial charge in [0.1, 0.15) is 9.79 Å². The van der Waals surface area contributed by atoms with Gasteiger partial charge in [-0.05, 0) is 22.9 Å². The lowest BCUT2D eigenvalue weighted by Crippen LogP contribution is -2.19. The number of H-pyrrole nitrogens is 2. The number of fused-ring (bicyclic) bond motifs is 1. The van der Waals surface area contributed by atoms with Crippen molar-refractivity contribution in [2.45, 2.75) is 16.2 Å². The molecule has 1 aliphatic heterocycles. The Bertz CT molecular complexity index is 1750. The monoisotopic (exact) mass is 530 g/mol. The molecule has 17 heteroatoms. The molecule has 7 N–H and O–H groups in total. The van der Waals surface area contributed by atoms with Crippen molar-refractivity contribution in [3.8, 4) is 22.5 Å². The van der Waals surface area contributed by atoms with Crippen molar-refractivity contribution in [2.24, 2.45) is 15.3 Å². The molecule has 186 valence electrons. The second kappa shape index (κ2) is 8.55. The zero-order chi connectivity index (χ0) is 25.7. The lowest BCUT2D eigenvalue weighted by atomic mass is 9.98. The maximum Gasteiger partial charge on any atom is 0.284 e. The number of carbonyl (C=O) groups excluding carboxylic acids is 1. The van der Waals surface area contributed by atoms with Gasteiger partial charge in [-0.2, -0.15) is 18.0 Å². The minimum atomic E-state index is -4.69. The van der Waals surface area contributed by atoms with Gasteiger partial charge in [-0.3, -0.25) is 4.79 Å². The van der Waals surface area contributed by atoms with Crippen LogP contribution in [-0.2, 0) is 20.0 Å². The lowest BCUT2D eigenvalue weighted by molar-refractivity contribution is 0.0991. The summed E-state index contributed by atoms with van der Waals surface area (Å²) in [6.45, 7) is 0.799. The predicted octanol–water partition coefficient (Wildman–Crippen LogP) is -0.721. The summed E-state index contributed by atoms with van der Waals surface area (Å²) in [5, 5.41) is 22.0. The molecule has 1 aliphatic rings. The van der Waals surface area contributed by atoms with Crippen LogP contribution in [0.1, 0.15) is 17.0 Å². The number of para-hydroxylation sites is 1. The average Bonchev–Trinajstić information content (AvgIpc) is 3.58. The van der Waals surface area contributed by atoms with Gasteiger partial charge in [0.15, 0.2) is 5.82 Å². The summed E-state index contributed by atoms with van der Waals surface area (Å²) in [4.78, 5) is 17.3. The summed E-state index contributed by atoms with van der Waals surface area (Å²) < 4.78 is 56.1. The molecule has 0 spiro atoms. The maximum atomic E-state index is 13.2. The van der Waals surface area contributed by atoms with Gasteiger partial charge in [0.05, 0.1) is 16.6 Å². The third-order valence-electron chi connectivity index (χ3n) is 5.46. The van der Waals surface area contributed by atoms with Gasteiger partial charge in [-0.25, -0.2) is 18.5 Å². The second-order valence-electron chi connectivity index (χ2n) is 7.81. The van der Waals surface area contributed by atoms with Crippen LogP contribution in [0.15, 0.2) is 44.5 Å². The molecule has 2 aromatic heterocycles. The molecule has 1 saturated heterocycles. The molecule has 1 fully saturated rings. The highest BCUT2D eigenvalue weighted by molar-refractivity contribution is 7.93. The maximum absolute atomic E-state index is 13.2. The average molecular weight is 531 g/mol. The Labute approximate surface area is 203 Å². The molecular formula is C19H18N10O5S2. The molecule has 0 radical (unpaired) electrons. The minimum Gasteiger partial charge on any atom is -0.363 e. The van der Waals surface area contributed by atoms with E-state index in [1.54, 1.807) is 18.2 Å². The standard InChI is InChI=1S/C19H18N10O5S2/c20-17(30)19-23-12-3-1-2-11(15(12)24-19)10-4-5-13(36(33,34)27-9-6-7-22-8-9)16(35(21,31)32)14(10)18-25-28-29-26-18/h1-5,22H,6-8H2,(H2,20,30)(H,23,24)(H2,21,31,32)(H,25,26,28,29)/b27-9+. The van der Waals surface area contributed by atoms with Crippen molar-refractivity contribution in [3.05, 3.63) is 36.2 Å². The molecule has 3 heterocycles. The first kappa shape index (κ1) is 23.7. The Hall–Kier alpha value is -4.06. The van der Waals surface area contributed by atoms with Crippen LogP contribution >= 0.6 is 0 Å². The SMILES string of the molecule is NC(=O)c1nc2c(-c3ccc(S(=O)(=O)/N=C4\CCNC4)c(S(N)(=O)=O)c3-c3nn[nH]n3)cccc2[nH]1. The first-order chi connectivity index (χ1) is 17.1. The van der Waals surface area contributed by atoms with E-state index in [9.17, 15) is 21.6 Å². The zero-order valence-electron chi connectivity index (χ0n) is 18.3. The number of rotatable bonds is 6. The number of nitrogens with one attached hydrogen (secondary N) is 3. The van der Waals surface area contributed by atoms with E-state index in [1.807, 2.05) is 0 Å². The van der Waals surface area contributed by atoms with Gasteiger partial charge in [-0.1, -0.05) is 18.2 Å². The molecule has 1 amide bonds. The van der Waals surface area contributed by atoms with Crippen LogP contribution in [0, 0.1) is 0 Å². The molecule has 5 rings (SSSR count). The van der Waals surface area contributed by atoms with Crippen molar-refractivity contribution >= 4 is 42.7 Å². The van der Waals surface area contributed by atoms with Crippen LogP contribution in [0.5, 0.6) is 0 Å². The summed E-state index contributed by atoms with van der Waals surface area (Å²) >= 11 is 0. The fraction of sp³-hybridized carbons (Fsp3) is 0.158. The molecule has 15 nitrogen and oxygen atoms in total. The van der Waals surface area contributed by atoms with E-state index < -0.39 is 35.7 Å². The quantitative estimate of drug-likeness (QED) is 0.209. The number of sulfonamides is 2. The summed E-state index contributed by atoms with van der Waals surface area (Å²) in [6, 6.07) is 7.32. The Balaban J connectivity index is 1.87. The number of benzene rings is 2. The molecule has 0 saturated carbocycles. The number of carbonyl (C=O) groups is 1. The van der Waals surface area contributed by atoms with Crippen LogP contribution in [0.2, 0.25) is 0 Å². The summed E-state index contributed by atoms with van der Waals surface area (Å²) in [7, 11) is -9.19. The first-order valence-corrected chi connectivity index (χ1v) is 13.3. The number of nitrogens with zero attached hydrogens (tertiary/aromatic N) is 5. The van der Waals surface area contributed by atoms with Crippen LogP contribution in [0.4, 0.5) is 0 Å². The molecular weight excluding hydrogens is 512 g/mol. The van der Waals surface area contributed by atoms with Gasteiger partial charge < -0.3 is 16.0 Å². The highest BCUT2D eigenvalue weighted by atomic mass is 32.2. The number of primary amides is 1. The van der Waals surface area contributed by atoms with E-state index >= 15 is 0 Å². The Morgan fingerprint density at radius 3 is 2.53 bits per heavy atom. The second-order valence-corrected chi connectivity index (χ2v) is 10.9. The highest BCUT2D eigenvalue weighted by Gasteiger charge is 2.33. The molecule has 0 bridgehead atoms. The van der Waals surface area contributed by atoms with Crippen LogP contribution in [-0.4, -0.2) is 72.1 Å². The van der Waals surface area contributed by atoms with Crippen LogP contribution < -0.4 is 16.2 Å². The molecule has 4 aromatic rings. The number of nitrogens with two attached hydrogens (primary N) is 2. The summed E-state index contributed by atoms with van der Waals surface area (Å²) in [5.74, 6) is -1.16. The number of hydrogen-bond donors (Lipinski definition) is 5. The van der Waals surface area contributed by atoms with Crippen LogP contribution in [0.25, 0.3) is 33.5 Å². The molecule has 0 atom stereocenters. The number of hydrogen-bond acceptors (Lipinski definition) is 10. The topological polar surface area (TPSA) is 245 Å². The molecule has 0 aliphatic carbocycles. The number of amides is 1. The largest absolute Gasteiger partial charge is 0.363 e. The van der Waals surface area contributed by atoms with E-state index in [1.165, 1.54) is 6.07 Å². The van der Waals surface area contributed by atoms with Gasteiger partial charge in [0.2, 0.25) is 15.8 Å². The first-order valence-electron chi connectivity index (χ1n) is 10.3. The fourth-order valence-electron chi connectivity index (χ4n) is 3.98. The molecule has 2 aromatic carbocycles. The van der Waals surface area contributed by atoms with E-state index in [4.69, 9.17) is 10.9 Å². The van der Waals surface area contributed by atoms with Gasteiger partial charge in [0.25, 0.3) is 15.9 Å². The molecule has 36 heavy (non-hydrogen) atoms. The summed E-state index contributed by atoms with van der Waals surface area (Å²) in [6.07, 6.45) is 0.392. The number of aromatic nitrogens is 6. The van der Waals surface area contributed by atoms with Crippen molar-refractivity contribution in [3.63, 3.8) is 0 Å². The summed E-state index contributed by atoms with van der Waals surface area (Å²) in [5.41, 5.74) is 6.66. The Kier molecular flexibility index (Phi) is 5.62. The van der Waals surface area contributed by atoms with E-state index in [-0.39, 0.29) is 34.8 Å². The van der Waals surface area contributed by atoms with Crippen molar-refractivity contribution < 1.29 is 21.6 Å². The predicted molar refractivity (Wildman–Crippen MR) is 127 cm³/mol. The Morgan fingerprint density at radius 1 is 1.08 bits per heavy atom. The fourth-order valence-corrected chi connectivity index (χ4v) is 6.65. The van der Waals surface area contributed by atoms with Crippen molar-refractivity contribution in [2.75, 3.05) is 13.1 Å². The third-order valence-corrected chi connectivity index (χ3v) is 7.97. The van der Waals surface area contributed by atoms with Gasteiger partial charge >= 0.3 is 0 Å². The highest BCUT2D eigenvalue weighted by Crippen LogP contribution is 2.41. The smallest absolute Gasteiger partial charge is 0.284 e. The number of primary sulfonamides is 1. The number of tetrazole rings is 1. The number of imidazole rings is 1. The lowest BCUT2D eigenvalue weighted by Gasteiger charge is -2.15. The van der Waals surface area contributed by atoms with Gasteiger partial charge in [0, 0.05) is 30.8 Å². The Morgan fingerprint density at radius 2 is 1.89 bits per heavy atom. The van der Waals surface area contributed by atoms with E-state index in [2.05, 4.69) is 40.3 Å². The van der Waals surface area contributed by atoms with Gasteiger partial charge in [-0.15, -0.1) is 10.2 Å². The van der Waals surface area contributed by atoms with E-state index in [0.717, 1.165) is 6.07 Å². The number of aromatic amines is 2. The zero-order valence-corrected chi connectivity index (χ0v) is 19.9. The van der Waals surface area contributed by atoms with Crippen molar-refractivity contribution in [1.82, 2.24) is 35.9 Å². The molecule has 0 unspecified atom stereocenters. The van der Waals surface area contributed by atoms with Crippen molar-refractivity contribution in [1.29, 1.82) is 0 Å². The normalized spacial score (nSPS) is 15.6. The minimum absolute atomic E-state index is 0.120. The third kappa shape index (κ3) is 4.13.